The number of para-hydroxylation sites is 1. The van der Waals surface area contributed by atoms with Crippen molar-refractivity contribution >= 4 is 23.1 Å². The molecule has 98 valence electrons. The lowest BCUT2D eigenvalue weighted by Crippen LogP contribution is -2.26. The minimum Gasteiger partial charge on any atom is -0.380 e. The Kier molecular flexibility index (Phi) is 3.51. The molecule has 1 fully saturated rings. The fraction of sp³-hybridized carbons (Fsp3) is 0.286. The van der Waals surface area contributed by atoms with Gasteiger partial charge >= 0.3 is 0 Å². The first-order chi connectivity index (χ1) is 9.31. The molecule has 3 rings (SSSR count). The molecule has 1 aliphatic rings. The fourth-order valence-electron chi connectivity index (χ4n) is 2.33. The zero-order valence-electron chi connectivity index (χ0n) is 10.5. The van der Waals surface area contributed by atoms with E-state index in [0.717, 1.165) is 31.0 Å². The monoisotopic (exact) mass is 274 g/mol. The number of halogens is 1. The van der Waals surface area contributed by atoms with Crippen molar-refractivity contribution in [2.45, 2.75) is 12.5 Å². The average molecular weight is 275 g/mol. The first-order valence-electron chi connectivity index (χ1n) is 6.37. The van der Waals surface area contributed by atoms with Gasteiger partial charge in [-0.15, -0.1) is 10.2 Å². The molecule has 1 unspecified atom stereocenters. The van der Waals surface area contributed by atoms with Crippen LogP contribution in [0.2, 0.25) is 5.15 Å². The Morgan fingerprint density at radius 1 is 1.11 bits per heavy atom. The average Bonchev–Trinajstić information content (AvgIpc) is 2.89. The summed E-state index contributed by atoms with van der Waals surface area (Å²) < 4.78 is 0. The SMILES string of the molecule is Clc1ccc(N2CCC(Nc3ccccc3)C2)nn1. The van der Waals surface area contributed by atoms with E-state index in [4.69, 9.17) is 11.6 Å². The third kappa shape index (κ3) is 2.96. The summed E-state index contributed by atoms with van der Waals surface area (Å²) in [4.78, 5) is 2.23. The fourth-order valence-corrected chi connectivity index (χ4v) is 2.43. The second-order valence-electron chi connectivity index (χ2n) is 4.66. The van der Waals surface area contributed by atoms with Crippen molar-refractivity contribution in [3.63, 3.8) is 0 Å². The minimum absolute atomic E-state index is 0.432. The predicted molar refractivity (Wildman–Crippen MR) is 77.7 cm³/mol. The Bertz CT molecular complexity index is 529. The second kappa shape index (κ2) is 5.45. The van der Waals surface area contributed by atoms with E-state index < -0.39 is 0 Å². The number of hydrogen-bond donors (Lipinski definition) is 1. The molecule has 0 saturated carbocycles. The molecule has 4 nitrogen and oxygen atoms in total. The summed E-state index contributed by atoms with van der Waals surface area (Å²) in [5.41, 5.74) is 1.16. The highest BCUT2D eigenvalue weighted by Crippen LogP contribution is 2.20. The molecule has 1 aromatic heterocycles. The summed E-state index contributed by atoms with van der Waals surface area (Å²) in [5.74, 6) is 0.891. The van der Waals surface area contributed by atoms with Crippen LogP contribution >= 0.6 is 11.6 Å². The maximum Gasteiger partial charge on any atom is 0.151 e. The molecule has 0 spiro atoms. The van der Waals surface area contributed by atoms with Crippen LogP contribution in [-0.4, -0.2) is 29.3 Å². The molecule has 1 saturated heterocycles. The van der Waals surface area contributed by atoms with Gasteiger partial charge < -0.3 is 10.2 Å². The number of hydrogen-bond acceptors (Lipinski definition) is 4. The van der Waals surface area contributed by atoms with Crippen LogP contribution in [0.4, 0.5) is 11.5 Å². The summed E-state index contributed by atoms with van der Waals surface area (Å²) >= 11 is 5.75. The second-order valence-corrected chi connectivity index (χ2v) is 5.04. The van der Waals surface area contributed by atoms with E-state index >= 15 is 0 Å². The van der Waals surface area contributed by atoms with Crippen LogP contribution in [0.15, 0.2) is 42.5 Å². The topological polar surface area (TPSA) is 41.0 Å². The number of rotatable bonds is 3. The van der Waals surface area contributed by atoms with Gasteiger partial charge in [-0.3, -0.25) is 0 Å². The van der Waals surface area contributed by atoms with E-state index in [2.05, 4.69) is 32.5 Å². The van der Waals surface area contributed by atoms with Crippen LogP contribution in [0.5, 0.6) is 0 Å². The largest absolute Gasteiger partial charge is 0.380 e. The third-order valence-corrected chi connectivity index (χ3v) is 3.48. The molecule has 0 bridgehead atoms. The molecular formula is C14H15ClN4. The van der Waals surface area contributed by atoms with Gasteiger partial charge in [0.1, 0.15) is 0 Å². The van der Waals surface area contributed by atoms with E-state index in [0.29, 0.717) is 11.2 Å². The number of anilines is 2. The highest BCUT2D eigenvalue weighted by atomic mass is 35.5. The molecule has 1 atom stereocenters. The Morgan fingerprint density at radius 2 is 1.95 bits per heavy atom. The zero-order valence-corrected chi connectivity index (χ0v) is 11.2. The maximum absolute atomic E-state index is 5.75. The van der Waals surface area contributed by atoms with Gasteiger partial charge in [-0.25, -0.2) is 0 Å². The van der Waals surface area contributed by atoms with Crippen molar-refractivity contribution in [2.75, 3.05) is 23.3 Å². The van der Waals surface area contributed by atoms with Gasteiger partial charge in [0.15, 0.2) is 11.0 Å². The molecule has 0 radical (unpaired) electrons. The molecule has 2 aromatic rings. The molecule has 0 amide bonds. The molecule has 19 heavy (non-hydrogen) atoms. The first kappa shape index (κ1) is 12.2. The van der Waals surface area contributed by atoms with Crippen molar-refractivity contribution in [3.8, 4) is 0 Å². The Hall–Kier alpha value is -1.81. The van der Waals surface area contributed by atoms with Gasteiger partial charge in [0.2, 0.25) is 0 Å². The Labute approximate surface area is 117 Å². The third-order valence-electron chi connectivity index (χ3n) is 3.27. The highest BCUT2D eigenvalue weighted by molar-refractivity contribution is 6.29. The minimum atomic E-state index is 0.432. The molecule has 1 N–H and O–H groups in total. The summed E-state index contributed by atoms with van der Waals surface area (Å²) in [6.07, 6.45) is 1.10. The Morgan fingerprint density at radius 3 is 2.68 bits per heavy atom. The summed E-state index contributed by atoms with van der Waals surface area (Å²) in [5, 5.41) is 12.0. The number of aromatic nitrogens is 2. The van der Waals surface area contributed by atoms with Crippen LogP contribution < -0.4 is 10.2 Å². The van der Waals surface area contributed by atoms with Gasteiger partial charge in [0, 0.05) is 24.8 Å². The number of benzene rings is 1. The van der Waals surface area contributed by atoms with Gasteiger partial charge in [-0.1, -0.05) is 29.8 Å². The van der Waals surface area contributed by atoms with E-state index in [1.54, 1.807) is 6.07 Å². The van der Waals surface area contributed by atoms with Crippen molar-refractivity contribution in [2.24, 2.45) is 0 Å². The Balaban J connectivity index is 1.62. The van der Waals surface area contributed by atoms with Crippen LogP contribution in [0.1, 0.15) is 6.42 Å². The lowest BCUT2D eigenvalue weighted by atomic mass is 10.2. The number of nitrogens with one attached hydrogen (secondary N) is 1. The standard InChI is InChI=1S/C14H15ClN4/c15-13-6-7-14(18-17-13)19-9-8-12(10-19)16-11-4-2-1-3-5-11/h1-7,12,16H,8-10H2. The highest BCUT2D eigenvalue weighted by Gasteiger charge is 2.23. The zero-order chi connectivity index (χ0) is 13.1. The number of nitrogens with zero attached hydrogens (tertiary/aromatic N) is 3. The van der Waals surface area contributed by atoms with Gasteiger partial charge in [-0.05, 0) is 30.7 Å². The smallest absolute Gasteiger partial charge is 0.151 e. The van der Waals surface area contributed by atoms with Crippen molar-refractivity contribution in [1.82, 2.24) is 10.2 Å². The molecule has 1 aliphatic heterocycles. The van der Waals surface area contributed by atoms with Crippen LogP contribution in [-0.2, 0) is 0 Å². The maximum atomic E-state index is 5.75. The van der Waals surface area contributed by atoms with Crippen LogP contribution in [0, 0.1) is 0 Å². The van der Waals surface area contributed by atoms with E-state index in [-0.39, 0.29) is 0 Å². The lowest BCUT2D eigenvalue weighted by molar-refractivity contribution is 0.804. The van der Waals surface area contributed by atoms with Gasteiger partial charge in [0.25, 0.3) is 0 Å². The van der Waals surface area contributed by atoms with E-state index in [1.807, 2.05) is 24.3 Å². The van der Waals surface area contributed by atoms with E-state index in [1.165, 1.54) is 0 Å². The van der Waals surface area contributed by atoms with Crippen molar-refractivity contribution in [3.05, 3.63) is 47.6 Å². The lowest BCUT2D eigenvalue weighted by Gasteiger charge is -2.17. The van der Waals surface area contributed by atoms with Crippen molar-refractivity contribution < 1.29 is 0 Å². The summed E-state index contributed by atoms with van der Waals surface area (Å²) in [6.45, 7) is 1.92. The van der Waals surface area contributed by atoms with Crippen LogP contribution in [0.25, 0.3) is 0 Å². The van der Waals surface area contributed by atoms with Gasteiger partial charge in [-0.2, -0.15) is 0 Å². The molecule has 2 heterocycles. The van der Waals surface area contributed by atoms with E-state index in [9.17, 15) is 0 Å². The summed E-state index contributed by atoms with van der Waals surface area (Å²) in [7, 11) is 0. The van der Waals surface area contributed by atoms with Gasteiger partial charge in [0.05, 0.1) is 0 Å². The van der Waals surface area contributed by atoms with Crippen molar-refractivity contribution in [1.29, 1.82) is 0 Å². The quantitative estimate of drug-likeness (QED) is 0.934. The molecule has 5 heteroatoms. The molecule has 0 aliphatic carbocycles. The molecular weight excluding hydrogens is 260 g/mol. The summed E-state index contributed by atoms with van der Waals surface area (Å²) in [6, 6.07) is 14.4. The predicted octanol–water partition coefficient (Wildman–Crippen LogP) is 2.82. The normalized spacial score (nSPS) is 18.6. The first-order valence-corrected chi connectivity index (χ1v) is 6.75. The molecule has 1 aromatic carbocycles. The van der Waals surface area contributed by atoms with Crippen LogP contribution in [0.3, 0.4) is 0 Å².